The third-order valence-corrected chi connectivity index (χ3v) is 3.22. The maximum atomic E-state index is 11.4. The van der Waals surface area contributed by atoms with Crippen LogP contribution < -0.4 is 0 Å². The molecule has 134 valence electrons. The lowest BCUT2D eigenvalue weighted by atomic mass is 9.84. The Labute approximate surface area is 140 Å². The first-order valence-electron chi connectivity index (χ1n) is 7.42. The van der Waals surface area contributed by atoms with Crippen LogP contribution in [0, 0.1) is 0 Å². The standard InChI is InChI=1S/C14H21BO9/c1-6(16)20-5-10-11(21-7(2)17)12(22-8(3)18)13(14(15)24-10)23-9(4)19/h10-14H,5,15H2,1-4H3/t10?,11-,12?,13?,14+/m1/s1. The highest BCUT2D eigenvalue weighted by atomic mass is 16.7. The molecular weight excluding hydrogens is 323 g/mol. The van der Waals surface area contributed by atoms with Crippen molar-refractivity contribution in [3.63, 3.8) is 0 Å². The summed E-state index contributed by atoms with van der Waals surface area (Å²) in [5.74, 6) is -2.44. The van der Waals surface area contributed by atoms with Gasteiger partial charge < -0.3 is 23.7 Å². The number of carbonyl (C=O) groups excluding carboxylic acids is 4. The average molecular weight is 344 g/mol. The van der Waals surface area contributed by atoms with Crippen LogP contribution in [0.5, 0.6) is 0 Å². The number of carbonyl (C=O) groups is 4. The fraction of sp³-hybridized carbons (Fsp3) is 0.714. The van der Waals surface area contributed by atoms with Gasteiger partial charge in [0.15, 0.2) is 18.3 Å². The first-order chi connectivity index (χ1) is 11.1. The van der Waals surface area contributed by atoms with Crippen molar-refractivity contribution in [2.45, 2.75) is 58.1 Å². The SMILES string of the molecule is B[C@H]1OC(COC(C)=O)[C@@H](OC(C)=O)C(OC(C)=O)C1OC(C)=O. The molecule has 5 atom stereocenters. The number of rotatable bonds is 5. The van der Waals surface area contributed by atoms with Crippen molar-refractivity contribution in [2.75, 3.05) is 6.61 Å². The second-order valence-electron chi connectivity index (χ2n) is 5.40. The quantitative estimate of drug-likeness (QED) is 0.341. The van der Waals surface area contributed by atoms with Crippen LogP contribution in [0.25, 0.3) is 0 Å². The van der Waals surface area contributed by atoms with Crippen LogP contribution in [0.4, 0.5) is 0 Å². The molecule has 0 aromatic rings. The molecule has 0 N–H and O–H groups in total. The van der Waals surface area contributed by atoms with Crippen molar-refractivity contribution in [1.29, 1.82) is 0 Å². The second kappa shape index (κ2) is 8.67. The zero-order valence-electron chi connectivity index (χ0n) is 14.3. The Bertz CT molecular complexity index is 506. The van der Waals surface area contributed by atoms with E-state index in [1.807, 2.05) is 0 Å². The van der Waals surface area contributed by atoms with Crippen molar-refractivity contribution in [3.8, 4) is 0 Å². The summed E-state index contributed by atoms with van der Waals surface area (Å²) in [5.41, 5.74) is 0. The molecule has 1 fully saturated rings. The number of hydrogen-bond acceptors (Lipinski definition) is 9. The lowest BCUT2D eigenvalue weighted by molar-refractivity contribution is -0.239. The van der Waals surface area contributed by atoms with E-state index in [0.29, 0.717) is 0 Å². The summed E-state index contributed by atoms with van der Waals surface area (Å²) in [7, 11) is 1.61. The number of esters is 4. The Hall–Kier alpha value is -2.10. The van der Waals surface area contributed by atoms with Crippen molar-refractivity contribution in [2.24, 2.45) is 0 Å². The van der Waals surface area contributed by atoms with E-state index in [-0.39, 0.29) is 6.61 Å². The number of hydrogen-bond donors (Lipinski definition) is 0. The molecule has 3 unspecified atom stereocenters. The smallest absolute Gasteiger partial charge is 0.303 e. The Morgan fingerprint density at radius 1 is 0.792 bits per heavy atom. The zero-order valence-corrected chi connectivity index (χ0v) is 14.3. The fourth-order valence-corrected chi connectivity index (χ4v) is 2.44. The molecular formula is C14H21BO9. The van der Waals surface area contributed by atoms with Crippen LogP contribution in [0.1, 0.15) is 27.7 Å². The molecule has 1 rings (SSSR count). The summed E-state index contributed by atoms with van der Waals surface area (Å²) >= 11 is 0. The first kappa shape index (κ1) is 20.0. The Morgan fingerprint density at radius 2 is 1.25 bits per heavy atom. The molecule has 24 heavy (non-hydrogen) atoms. The Morgan fingerprint density at radius 3 is 1.71 bits per heavy atom. The van der Waals surface area contributed by atoms with Gasteiger partial charge >= 0.3 is 23.9 Å². The molecule has 10 heteroatoms. The van der Waals surface area contributed by atoms with E-state index in [1.165, 1.54) is 27.7 Å². The van der Waals surface area contributed by atoms with Gasteiger partial charge in [0.1, 0.15) is 20.6 Å². The maximum absolute atomic E-state index is 11.4. The van der Waals surface area contributed by atoms with E-state index in [9.17, 15) is 19.2 Å². The van der Waals surface area contributed by atoms with E-state index in [2.05, 4.69) is 0 Å². The molecule has 0 saturated carbocycles. The summed E-state index contributed by atoms with van der Waals surface area (Å²) < 4.78 is 26.1. The van der Waals surface area contributed by atoms with Crippen LogP contribution in [-0.2, 0) is 42.9 Å². The molecule has 0 aliphatic carbocycles. The summed E-state index contributed by atoms with van der Waals surface area (Å²) in [6, 6.07) is -0.675. The molecule has 1 aliphatic heterocycles. The molecule has 0 radical (unpaired) electrons. The highest BCUT2D eigenvalue weighted by Gasteiger charge is 2.50. The van der Waals surface area contributed by atoms with E-state index < -0.39 is 54.3 Å². The van der Waals surface area contributed by atoms with Gasteiger partial charge in [-0.25, -0.2) is 0 Å². The molecule has 0 amide bonds. The summed E-state index contributed by atoms with van der Waals surface area (Å²) in [6.45, 7) is 4.56. The molecule has 9 nitrogen and oxygen atoms in total. The molecule has 0 aromatic carbocycles. The summed E-state index contributed by atoms with van der Waals surface area (Å²) in [4.78, 5) is 45.2. The molecule has 0 aromatic heterocycles. The van der Waals surface area contributed by atoms with E-state index in [4.69, 9.17) is 23.7 Å². The first-order valence-corrected chi connectivity index (χ1v) is 7.42. The van der Waals surface area contributed by atoms with Crippen molar-refractivity contribution >= 4 is 31.7 Å². The highest BCUT2D eigenvalue weighted by molar-refractivity contribution is 6.11. The minimum absolute atomic E-state index is 0.206. The molecule has 1 heterocycles. The van der Waals surface area contributed by atoms with Crippen LogP contribution in [-0.4, -0.2) is 68.7 Å². The van der Waals surface area contributed by atoms with E-state index >= 15 is 0 Å². The van der Waals surface area contributed by atoms with Gasteiger partial charge in [-0.3, -0.25) is 19.2 Å². The number of ether oxygens (including phenoxy) is 5. The van der Waals surface area contributed by atoms with Gasteiger partial charge in [0.25, 0.3) is 0 Å². The van der Waals surface area contributed by atoms with Gasteiger partial charge in [0.2, 0.25) is 0 Å². The third kappa shape index (κ3) is 5.84. The zero-order chi connectivity index (χ0) is 18.4. The molecule has 1 saturated heterocycles. The Balaban J connectivity index is 3.11. The van der Waals surface area contributed by atoms with Gasteiger partial charge in [-0.15, -0.1) is 0 Å². The van der Waals surface area contributed by atoms with Crippen molar-refractivity contribution in [1.82, 2.24) is 0 Å². The normalized spacial score (nSPS) is 29.2. The monoisotopic (exact) mass is 344 g/mol. The van der Waals surface area contributed by atoms with Gasteiger partial charge in [0, 0.05) is 27.7 Å². The minimum Gasteiger partial charge on any atom is -0.463 e. The van der Waals surface area contributed by atoms with Gasteiger partial charge in [-0.05, 0) is 0 Å². The average Bonchev–Trinajstić information content (AvgIpc) is 2.42. The largest absolute Gasteiger partial charge is 0.463 e. The fourth-order valence-electron chi connectivity index (χ4n) is 2.44. The van der Waals surface area contributed by atoms with E-state index in [1.54, 1.807) is 7.85 Å². The summed E-state index contributed by atoms with van der Waals surface area (Å²) in [6.07, 6.45) is -4.01. The summed E-state index contributed by atoms with van der Waals surface area (Å²) in [5, 5.41) is 0. The predicted octanol–water partition coefficient (Wildman–Crippen LogP) is -1.30. The van der Waals surface area contributed by atoms with Crippen LogP contribution in [0.15, 0.2) is 0 Å². The van der Waals surface area contributed by atoms with Crippen LogP contribution >= 0.6 is 0 Å². The maximum Gasteiger partial charge on any atom is 0.303 e. The van der Waals surface area contributed by atoms with Crippen molar-refractivity contribution in [3.05, 3.63) is 0 Å². The lowest BCUT2D eigenvalue weighted by Gasteiger charge is -2.43. The molecule has 1 aliphatic rings. The second-order valence-corrected chi connectivity index (χ2v) is 5.40. The van der Waals surface area contributed by atoms with Crippen LogP contribution in [0.3, 0.4) is 0 Å². The highest BCUT2D eigenvalue weighted by Crippen LogP contribution is 2.27. The molecule has 0 spiro atoms. The Kier molecular flexibility index (Phi) is 7.21. The molecule has 0 bridgehead atoms. The van der Waals surface area contributed by atoms with E-state index in [0.717, 1.165) is 0 Å². The van der Waals surface area contributed by atoms with Crippen LogP contribution in [0.2, 0.25) is 0 Å². The minimum atomic E-state index is -1.09. The lowest BCUT2D eigenvalue weighted by Crippen LogP contribution is -2.62. The third-order valence-electron chi connectivity index (χ3n) is 3.22. The van der Waals surface area contributed by atoms with Gasteiger partial charge in [-0.1, -0.05) is 0 Å². The topological polar surface area (TPSA) is 114 Å². The predicted molar refractivity (Wildman–Crippen MR) is 80.5 cm³/mol. The van der Waals surface area contributed by atoms with Gasteiger partial charge in [0.05, 0.1) is 6.00 Å². The van der Waals surface area contributed by atoms with Crippen molar-refractivity contribution < 1.29 is 42.9 Å². The van der Waals surface area contributed by atoms with Gasteiger partial charge in [-0.2, -0.15) is 0 Å².